The van der Waals surface area contributed by atoms with Crippen LogP contribution in [-0.2, 0) is 15.0 Å². The summed E-state index contributed by atoms with van der Waals surface area (Å²) in [6.45, 7) is 7.69. The molecule has 0 aliphatic carbocycles. The lowest BCUT2D eigenvalue weighted by molar-refractivity contribution is -0.194. The second-order valence-corrected chi connectivity index (χ2v) is 10.5. The monoisotopic (exact) mass is 507 g/mol. The second-order valence-electron chi connectivity index (χ2n) is 10.5. The fraction of sp³-hybridized carbons (Fsp3) is 0.618. The van der Waals surface area contributed by atoms with Gasteiger partial charge in [-0.1, -0.05) is 157 Å². The highest BCUT2D eigenvalue weighted by molar-refractivity contribution is 5.87. The number of benzene rings is 2. The van der Waals surface area contributed by atoms with Crippen LogP contribution in [0.5, 0.6) is 0 Å². The second kappa shape index (κ2) is 19.0. The zero-order valence-corrected chi connectivity index (χ0v) is 24.1. The van der Waals surface area contributed by atoms with Crippen LogP contribution in [0.25, 0.3) is 0 Å². The average Bonchev–Trinajstić information content (AvgIpc) is 2.95. The van der Waals surface area contributed by atoms with E-state index in [-0.39, 0.29) is 5.97 Å². The van der Waals surface area contributed by atoms with E-state index in [0.29, 0.717) is 13.1 Å². The molecule has 0 amide bonds. The molecule has 0 aliphatic heterocycles. The summed E-state index contributed by atoms with van der Waals surface area (Å²) in [6, 6.07) is 20.5. The van der Waals surface area contributed by atoms with Crippen LogP contribution >= 0.6 is 0 Å². The lowest BCUT2D eigenvalue weighted by Gasteiger charge is -2.34. The van der Waals surface area contributed by atoms with E-state index in [1.807, 2.05) is 50.2 Å². The summed E-state index contributed by atoms with van der Waals surface area (Å²) in [5.74, 6) is -0.164. The summed E-state index contributed by atoms with van der Waals surface area (Å²) in [4.78, 5) is 19.9. The number of hydrogen-bond acceptors (Lipinski definition) is 3. The minimum atomic E-state index is -0.789. The van der Waals surface area contributed by atoms with Gasteiger partial charge in [0.15, 0.2) is 0 Å². The SMILES string of the molecule is CCCCCCCCCCCCCCCCC(C(=O)ON(CC)CC)(c1ccccc1)c1ccccc1. The molecule has 3 heteroatoms. The maximum Gasteiger partial charge on any atom is 0.339 e. The molecule has 0 fully saturated rings. The van der Waals surface area contributed by atoms with Crippen molar-refractivity contribution in [2.45, 2.75) is 122 Å². The molecular weight excluding hydrogens is 454 g/mol. The van der Waals surface area contributed by atoms with Crippen LogP contribution in [0, 0.1) is 0 Å². The van der Waals surface area contributed by atoms with Crippen LogP contribution in [0.1, 0.15) is 128 Å². The number of carbonyl (C=O) groups is 1. The van der Waals surface area contributed by atoms with E-state index in [4.69, 9.17) is 4.84 Å². The largest absolute Gasteiger partial charge is 0.367 e. The lowest BCUT2D eigenvalue weighted by Crippen LogP contribution is -2.42. The normalized spacial score (nSPS) is 11.7. The number of rotatable bonds is 21. The molecule has 0 aliphatic rings. The Kier molecular flexibility index (Phi) is 16.0. The molecule has 0 aromatic heterocycles. The van der Waals surface area contributed by atoms with Crippen molar-refractivity contribution in [3.8, 4) is 0 Å². The first-order valence-electron chi connectivity index (χ1n) is 15.3. The maximum absolute atomic E-state index is 13.9. The Morgan fingerprint density at radius 1 is 0.595 bits per heavy atom. The molecule has 0 bridgehead atoms. The number of unbranched alkanes of at least 4 members (excludes halogenated alkanes) is 13. The van der Waals surface area contributed by atoms with E-state index in [1.54, 1.807) is 5.06 Å². The zero-order valence-electron chi connectivity index (χ0n) is 24.1. The van der Waals surface area contributed by atoms with E-state index in [2.05, 4.69) is 31.2 Å². The van der Waals surface area contributed by atoms with Crippen molar-refractivity contribution in [2.75, 3.05) is 13.1 Å². The standard InChI is InChI=1S/C34H53NO2/c1-4-7-8-9-10-11-12-13-14-15-16-17-18-25-30-34(31-26-21-19-22-27-31,32-28-23-20-24-29-32)33(36)37-35(5-2)6-3/h19-24,26-29H,4-18,25,30H2,1-3H3. The predicted molar refractivity (Wildman–Crippen MR) is 158 cm³/mol. The zero-order chi connectivity index (χ0) is 26.6. The van der Waals surface area contributed by atoms with Gasteiger partial charge in [-0.3, -0.25) is 0 Å². The Bertz CT molecular complexity index is 777. The van der Waals surface area contributed by atoms with Crippen LogP contribution in [-0.4, -0.2) is 24.1 Å². The Balaban J connectivity index is 1.90. The molecule has 0 atom stereocenters. The number of hydroxylamine groups is 2. The van der Waals surface area contributed by atoms with Gasteiger partial charge >= 0.3 is 5.97 Å². The predicted octanol–water partition coefficient (Wildman–Crippen LogP) is 9.64. The van der Waals surface area contributed by atoms with Gasteiger partial charge in [-0.2, -0.15) is 0 Å². The molecule has 0 saturated carbocycles. The van der Waals surface area contributed by atoms with E-state index >= 15 is 0 Å². The molecule has 3 nitrogen and oxygen atoms in total. The first kappa shape index (κ1) is 31.1. The topological polar surface area (TPSA) is 29.5 Å². The molecule has 0 spiro atoms. The van der Waals surface area contributed by atoms with Crippen molar-refractivity contribution in [3.05, 3.63) is 71.8 Å². The number of carbonyl (C=O) groups excluding carboxylic acids is 1. The summed E-state index contributed by atoms with van der Waals surface area (Å²) in [5, 5.41) is 1.76. The summed E-state index contributed by atoms with van der Waals surface area (Å²) >= 11 is 0. The Morgan fingerprint density at radius 3 is 1.35 bits per heavy atom. The quantitative estimate of drug-likeness (QED) is 0.124. The van der Waals surface area contributed by atoms with Crippen LogP contribution in [0.4, 0.5) is 0 Å². The molecule has 0 saturated heterocycles. The smallest absolute Gasteiger partial charge is 0.339 e. The summed E-state index contributed by atoms with van der Waals surface area (Å²) in [6.07, 6.45) is 19.3. The molecule has 2 aromatic rings. The van der Waals surface area contributed by atoms with Crippen molar-refractivity contribution in [1.82, 2.24) is 5.06 Å². The third-order valence-corrected chi connectivity index (χ3v) is 7.70. The molecule has 0 unspecified atom stereocenters. The highest BCUT2D eigenvalue weighted by atomic mass is 16.7. The fourth-order valence-corrected chi connectivity index (χ4v) is 5.37. The molecule has 0 N–H and O–H groups in total. The van der Waals surface area contributed by atoms with Crippen molar-refractivity contribution >= 4 is 5.97 Å². The fourth-order valence-electron chi connectivity index (χ4n) is 5.37. The van der Waals surface area contributed by atoms with Gasteiger partial charge in [0.2, 0.25) is 0 Å². The molecule has 2 rings (SSSR count). The van der Waals surface area contributed by atoms with Gasteiger partial charge in [-0.15, -0.1) is 5.06 Å². The van der Waals surface area contributed by atoms with Crippen molar-refractivity contribution in [3.63, 3.8) is 0 Å². The Hall–Kier alpha value is -2.13. The van der Waals surface area contributed by atoms with Gasteiger partial charge in [0, 0.05) is 13.1 Å². The molecular formula is C34H53NO2. The summed E-state index contributed by atoms with van der Waals surface area (Å²) in [7, 11) is 0. The van der Waals surface area contributed by atoms with Crippen LogP contribution in [0.2, 0.25) is 0 Å². The van der Waals surface area contributed by atoms with E-state index in [1.165, 1.54) is 77.0 Å². The highest BCUT2D eigenvalue weighted by Gasteiger charge is 2.44. The van der Waals surface area contributed by atoms with Gasteiger partial charge in [0.25, 0.3) is 0 Å². The van der Waals surface area contributed by atoms with Crippen LogP contribution < -0.4 is 0 Å². The lowest BCUT2D eigenvalue weighted by atomic mass is 9.71. The van der Waals surface area contributed by atoms with Gasteiger partial charge in [0.1, 0.15) is 5.41 Å². The molecule has 206 valence electrons. The Labute approximate surface area is 228 Å². The van der Waals surface area contributed by atoms with Crippen LogP contribution in [0.3, 0.4) is 0 Å². The molecule has 0 heterocycles. The van der Waals surface area contributed by atoms with Crippen LogP contribution in [0.15, 0.2) is 60.7 Å². The van der Waals surface area contributed by atoms with Gasteiger partial charge in [-0.05, 0) is 31.4 Å². The maximum atomic E-state index is 13.9. The molecule has 0 radical (unpaired) electrons. The molecule has 37 heavy (non-hydrogen) atoms. The van der Waals surface area contributed by atoms with E-state index in [0.717, 1.165) is 30.4 Å². The first-order chi connectivity index (χ1) is 18.2. The van der Waals surface area contributed by atoms with Crippen molar-refractivity contribution < 1.29 is 9.63 Å². The summed E-state index contributed by atoms with van der Waals surface area (Å²) in [5.41, 5.74) is 1.25. The van der Waals surface area contributed by atoms with Gasteiger partial charge in [-0.25, -0.2) is 4.79 Å². The average molecular weight is 508 g/mol. The third-order valence-electron chi connectivity index (χ3n) is 7.70. The van der Waals surface area contributed by atoms with Gasteiger partial charge < -0.3 is 4.84 Å². The van der Waals surface area contributed by atoms with Crippen molar-refractivity contribution in [2.24, 2.45) is 0 Å². The summed E-state index contributed by atoms with van der Waals surface area (Å²) < 4.78 is 0. The van der Waals surface area contributed by atoms with E-state index in [9.17, 15) is 4.79 Å². The van der Waals surface area contributed by atoms with Gasteiger partial charge in [0.05, 0.1) is 0 Å². The highest BCUT2D eigenvalue weighted by Crippen LogP contribution is 2.39. The van der Waals surface area contributed by atoms with Crippen molar-refractivity contribution in [1.29, 1.82) is 0 Å². The number of hydrogen-bond donors (Lipinski definition) is 0. The Morgan fingerprint density at radius 2 is 0.973 bits per heavy atom. The first-order valence-corrected chi connectivity index (χ1v) is 15.3. The minimum absolute atomic E-state index is 0.164. The number of nitrogens with zero attached hydrogens (tertiary/aromatic N) is 1. The third kappa shape index (κ3) is 10.6. The minimum Gasteiger partial charge on any atom is -0.367 e. The van der Waals surface area contributed by atoms with E-state index < -0.39 is 5.41 Å². The molecule has 2 aromatic carbocycles.